The van der Waals surface area contributed by atoms with E-state index in [4.69, 9.17) is 9.47 Å². The van der Waals surface area contributed by atoms with Crippen molar-refractivity contribution in [1.29, 1.82) is 0 Å². The number of hydrogen-bond donors (Lipinski definition) is 0. The molecule has 3 aromatic carbocycles. The van der Waals surface area contributed by atoms with Crippen LogP contribution in [0.25, 0.3) is 6.08 Å². The summed E-state index contributed by atoms with van der Waals surface area (Å²) in [4.78, 5) is 2.46. The van der Waals surface area contributed by atoms with Gasteiger partial charge in [-0.2, -0.15) is 0 Å². The fraction of sp³-hybridized carbons (Fsp3) is 0.333. The molecule has 1 unspecified atom stereocenters. The van der Waals surface area contributed by atoms with Gasteiger partial charge in [-0.1, -0.05) is 56.5 Å². The molecule has 3 heteroatoms. The highest BCUT2D eigenvalue weighted by molar-refractivity contribution is 5.60. The van der Waals surface area contributed by atoms with Crippen molar-refractivity contribution in [2.45, 2.75) is 46.1 Å². The third-order valence-corrected chi connectivity index (χ3v) is 6.63. The van der Waals surface area contributed by atoms with Crippen LogP contribution in [0.1, 0.15) is 54.5 Å². The molecule has 0 N–H and O–H groups in total. The molecule has 0 aromatic heterocycles. The monoisotopic (exact) mass is 443 g/mol. The Hall–Kier alpha value is -3.20. The van der Waals surface area contributed by atoms with E-state index in [0.29, 0.717) is 5.92 Å². The van der Waals surface area contributed by atoms with E-state index in [0.717, 1.165) is 49.4 Å². The lowest BCUT2D eigenvalue weighted by Gasteiger charge is -2.32. The van der Waals surface area contributed by atoms with Crippen molar-refractivity contribution in [2.75, 3.05) is 25.7 Å². The van der Waals surface area contributed by atoms with Gasteiger partial charge in [0.15, 0.2) is 0 Å². The molecular weight excluding hydrogens is 406 g/mol. The van der Waals surface area contributed by atoms with E-state index in [2.05, 4.69) is 79.1 Å². The van der Waals surface area contributed by atoms with Crippen molar-refractivity contribution < 1.29 is 9.47 Å². The van der Waals surface area contributed by atoms with E-state index in [-0.39, 0.29) is 7.43 Å². The molecule has 1 aliphatic carbocycles. The van der Waals surface area contributed by atoms with Crippen LogP contribution in [-0.2, 0) is 19.4 Å². The molecular formula is C30H37NO2. The molecule has 3 nitrogen and oxygen atoms in total. The summed E-state index contributed by atoms with van der Waals surface area (Å²) in [6, 6.07) is 21.8. The third kappa shape index (κ3) is 5.42. The Morgan fingerprint density at radius 2 is 1.64 bits per heavy atom. The Kier molecular flexibility index (Phi) is 8.21. The maximum Gasteiger partial charge on any atom is 0.120 e. The van der Waals surface area contributed by atoms with Crippen molar-refractivity contribution in [3.63, 3.8) is 0 Å². The fourth-order valence-corrected chi connectivity index (χ4v) is 4.74. The number of hydrogen-bond acceptors (Lipinski definition) is 3. The average molecular weight is 444 g/mol. The zero-order valence-electron chi connectivity index (χ0n) is 19.4. The molecule has 0 saturated heterocycles. The number of nitrogens with zero attached hydrogens (tertiary/aromatic N) is 1. The van der Waals surface area contributed by atoms with E-state index >= 15 is 0 Å². The first-order valence-electron chi connectivity index (χ1n) is 11.4. The van der Waals surface area contributed by atoms with Gasteiger partial charge in [0, 0.05) is 24.8 Å². The minimum atomic E-state index is 0. The Morgan fingerprint density at radius 1 is 0.939 bits per heavy atom. The van der Waals surface area contributed by atoms with Crippen LogP contribution in [0, 0.1) is 0 Å². The number of fused-ring (bicyclic) bond motifs is 1. The highest BCUT2D eigenvalue weighted by Gasteiger charge is 2.24. The van der Waals surface area contributed by atoms with Crippen LogP contribution in [0.5, 0.6) is 11.5 Å². The third-order valence-electron chi connectivity index (χ3n) is 6.63. The summed E-state index contributed by atoms with van der Waals surface area (Å²) in [5.74, 6) is 2.35. The summed E-state index contributed by atoms with van der Waals surface area (Å²) in [5, 5.41) is 0. The first-order valence-corrected chi connectivity index (χ1v) is 11.4. The zero-order chi connectivity index (χ0) is 22.5. The standard InChI is InChI=1S/C29H33NO2.CH4/c1-5-21-7-9-22(10-8-21)20-30(6-2)29-19-27(32-4)15-16-28(29)25-12-11-24-18-26(31-3)14-13-23(24)17-25;/h5,7-10,13-16,18-19,25H,1,6,11-12,17,20H2,2-4H3;1H4. The smallest absolute Gasteiger partial charge is 0.120 e. The van der Waals surface area contributed by atoms with Gasteiger partial charge in [0.2, 0.25) is 0 Å². The minimum Gasteiger partial charge on any atom is -0.497 e. The van der Waals surface area contributed by atoms with Crippen LogP contribution in [0.4, 0.5) is 5.69 Å². The highest BCUT2D eigenvalue weighted by Crippen LogP contribution is 2.40. The molecule has 0 amide bonds. The second kappa shape index (κ2) is 11.1. The quantitative estimate of drug-likeness (QED) is 0.365. The lowest BCUT2D eigenvalue weighted by molar-refractivity contribution is 0.412. The molecule has 0 saturated carbocycles. The van der Waals surface area contributed by atoms with Crippen molar-refractivity contribution in [3.8, 4) is 11.5 Å². The number of ether oxygens (including phenoxy) is 2. The predicted octanol–water partition coefficient (Wildman–Crippen LogP) is 7.28. The summed E-state index contributed by atoms with van der Waals surface area (Å²) in [6.45, 7) is 7.89. The topological polar surface area (TPSA) is 21.7 Å². The van der Waals surface area contributed by atoms with E-state index in [1.165, 1.54) is 27.9 Å². The van der Waals surface area contributed by atoms with Gasteiger partial charge in [0.05, 0.1) is 14.2 Å². The molecule has 0 aliphatic heterocycles. The van der Waals surface area contributed by atoms with E-state index in [1.807, 2.05) is 6.08 Å². The zero-order valence-corrected chi connectivity index (χ0v) is 19.4. The maximum absolute atomic E-state index is 5.60. The van der Waals surface area contributed by atoms with E-state index < -0.39 is 0 Å². The summed E-state index contributed by atoms with van der Waals surface area (Å²) < 4.78 is 11.0. The number of anilines is 1. The molecule has 1 atom stereocenters. The molecule has 3 aromatic rings. The second-order valence-corrected chi connectivity index (χ2v) is 8.46. The van der Waals surface area contributed by atoms with Gasteiger partial charge < -0.3 is 14.4 Å². The van der Waals surface area contributed by atoms with Gasteiger partial charge in [-0.05, 0) is 78.1 Å². The van der Waals surface area contributed by atoms with Crippen LogP contribution in [0.3, 0.4) is 0 Å². The molecule has 174 valence electrons. The summed E-state index contributed by atoms with van der Waals surface area (Å²) in [5.41, 5.74) is 8.00. The van der Waals surface area contributed by atoms with E-state index in [9.17, 15) is 0 Å². The van der Waals surface area contributed by atoms with Crippen molar-refractivity contribution in [2.24, 2.45) is 0 Å². The second-order valence-electron chi connectivity index (χ2n) is 8.46. The maximum atomic E-state index is 5.60. The Morgan fingerprint density at radius 3 is 2.30 bits per heavy atom. The first-order chi connectivity index (χ1) is 15.6. The van der Waals surface area contributed by atoms with E-state index in [1.54, 1.807) is 14.2 Å². The van der Waals surface area contributed by atoms with Gasteiger partial charge in [0.1, 0.15) is 11.5 Å². The SMILES string of the molecule is C.C=Cc1ccc(CN(CC)c2cc(OC)ccc2C2CCc3cc(OC)ccc3C2)cc1. The van der Waals surface area contributed by atoms with Crippen LogP contribution in [-0.4, -0.2) is 20.8 Å². The minimum absolute atomic E-state index is 0. The molecule has 1 aliphatic rings. The summed E-state index contributed by atoms with van der Waals surface area (Å²) in [7, 11) is 3.48. The highest BCUT2D eigenvalue weighted by atomic mass is 16.5. The number of benzene rings is 3. The van der Waals surface area contributed by atoms with Gasteiger partial charge in [-0.15, -0.1) is 0 Å². The summed E-state index contributed by atoms with van der Waals surface area (Å²) >= 11 is 0. The van der Waals surface area contributed by atoms with Gasteiger partial charge in [-0.3, -0.25) is 0 Å². The van der Waals surface area contributed by atoms with Gasteiger partial charge in [0.25, 0.3) is 0 Å². The van der Waals surface area contributed by atoms with Gasteiger partial charge in [-0.25, -0.2) is 0 Å². The largest absolute Gasteiger partial charge is 0.497 e. The first kappa shape index (κ1) is 24.4. The Labute approximate surface area is 199 Å². The van der Waals surface area contributed by atoms with Crippen molar-refractivity contribution in [1.82, 2.24) is 0 Å². The molecule has 0 bridgehead atoms. The molecule has 0 spiro atoms. The summed E-state index contributed by atoms with van der Waals surface area (Å²) in [6.07, 6.45) is 5.17. The predicted molar refractivity (Wildman–Crippen MR) is 141 cm³/mol. The number of aryl methyl sites for hydroxylation is 1. The normalized spacial score (nSPS) is 14.6. The fourth-order valence-electron chi connectivity index (χ4n) is 4.74. The van der Waals surface area contributed by atoms with Crippen LogP contribution < -0.4 is 14.4 Å². The van der Waals surface area contributed by atoms with Crippen molar-refractivity contribution >= 4 is 11.8 Å². The number of rotatable bonds is 8. The van der Waals surface area contributed by atoms with Crippen LogP contribution in [0.15, 0.2) is 67.2 Å². The molecule has 0 heterocycles. The van der Waals surface area contributed by atoms with Crippen LogP contribution >= 0.6 is 0 Å². The number of methoxy groups -OCH3 is 2. The molecule has 0 radical (unpaired) electrons. The lowest BCUT2D eigenvalue weighted by Crippen LogP contribution is -2.25. The Bertz CT molecular complexity index is 1070. The van der Waals surface area contributed by atoms with Gasteiger partial charge >= 0.3 is 0 Å². The molecule has 33 heavy (non-hydrogen) atoms. The molecule has 4 rings (SSSR count). The van der Waals surface area contributed by atoms with Crippen LogP contribution in [0.2, 0.25) is 0 Å². The molecule has 0 fully saturated rings. The Balaban J connectivity index is 0.00000306. The average Bonchev–Trinajstić information content (AvgIpc) is 2.86. The lowest BCUT2D eigenvalue weighted by atomic mass is 9.79. The van der Waals surface area contributed by atoms with Crippen molar-refractivity contribution in [3.05, 3.63) is 95.1 Å².